The summed E-state index contributed by atoms with van der Waals surface area (Å²) in [4.78, 5) is 12.1. The zero-order valence-corrected chi connectivity index (χ0v) is 10.2. The van der Waals surface area contributed by atoms with Gasteiger partial charge in [0.25, 0.3) is 0 Å². The zero-order valence-electron chi connectivity index (χ0n) is 8.10. The van der Waals surface area contributed by atoms with Crippen LogP contribution in [0.2, 0.25) is 0 Å². The molecule has 0 amide bonds. The van der Waals surface area contributed by atoms with Crippen LogP contribution in [0.25, 0.3) is 0 Å². The molecule has 2 aromatic rings. The van der Waals surface area contributed by atoms with Crippen LogP contribution in [-0.4, -0.2) is 22.3 Å². The molecule has 3 radical (unpaired) electrons. The molecule has 71 valence electrons. The van der Waals surface area contributed by atoms with Crippen molar-refractivity contribution in [2.75, 3.05) is 0 Å². The molecule has 0 aliphatic rings. The molecule has 0 aliphatic carbocycles. The average Bonchev–Trinajstić information content (AvgIpc) is 2.30. The van der Waals surface area contributed by atoms with Crippen molar-refractivity contribution in [2.24, 2.45) is 0 Å². The Bertz CT molecular complexity index is 477. The summed E-state index contributed by atoms with van der Waals surface area (Å²) in [6.45, 7) is 0. The number of carbonyl (C=O) groups is 1. The van der Waals surface area contributed by atoms with Crippen molar-refractivity contribution in [3.63, 3.8) is 0 Å². The first kappa shape index (κ1) is 10.2. The maximum atomic E-state index is 12.1. The van der Waals surface area contributed by atoms with Crippen molar-refractivity contribution >= 4 is 26.7 Å². The minimum absolute atomic E-state index is 0.0914. The van der Waals surface area contributed by atoms with E-state index < -0.39 is 0 Å². The molecule has 0 saturated carbocycles. The minimum atomic E-state index is 0.0914. The van der Waals surface area contributed by atoms with Gasteiger partial charge >= 0.3 is 97.2 Å². The molecule has 2 heteroatoms. The fourth-order valence-corrected chi connectivity index (χ4v) is 2.04. The summed E-state index contributed by atoms with van der Waals surface area (Å²) in [5, 5.41) is 0. The molecule has 15 heavy (non-hydrogen) atoms. The van der Waals surface area contributed by atoms with Crippen molar-refractivity contribution in [3.8, 4) is 0 Å². The van der Waals surface area contributed by atoms with Crippen LogP contribution in [0.1, 0.15) is 15.9 Å². The third kappa shape index (κ3) is 2.18. The summed E-state index contributed by atoms with van der Waals surface area (Å²) in [6, 6.07) is 17.0. The first-order valence-corrected chi connectivity index (χ1v) is 5.74. The van der Waals surface area contributed by atoms with E-state index in [-0.39, 0.29) is 5.78 Å². The van der Waals surface area contributed by atoms with Crippen LogP contribution in [0, 0.1) is 0 Å². The quantitative estimate of drug-likeness (QED) is 0.588. The van der Waals surface area contributed by atoms with Crippen LogP contribution in [0.15, 0.2) is 54.6 Å². The molecule has 0 unspecified atom stereocenters. The van der Waals surface area contributed by atoms with Crippen LogP contribution in [-0.2, 0) is 0 Å². The Balaban J connectivity index is 2.42. The SMILES string of the molecule is O=C(c1ccccc1)c1cccc[c]1[Ge]. The van der Waals surface area contributed by atoms with E-state index in [0.29, 0.717) is 0 Å². The summed E-state index contributed by atoms with van der Waals surface area (Å²) < 4.78 is 1.02. The number of hydrogen-bond donors (Lipinski definition) is 0. The Morgan fingerprint density at radius 2 is 1.47 bits per heavy atom. The third-order valence-corrected chi connectivity index (χ3v) is 3.12. The normalized spacial score (nSPS) is 9.93. The molecular formula is C13H9GeO. The number of hydrogen-bond acceptors (Lipinski definition) is 1. The average molecular weight is 254 g/mol. The Morgan fingerprint density at radius 1 is 0.867 bits per heavy atom. The molecule has 0 N–H and O–H groups in total. The van der Waals surface area contributed by atoms with Crippen molar-refractivity contribution in [1.29, 1.82) is 0 Å². The van der Waals surface area contributed by atoms with E-state index in [0.717, 1.165) is 15.5 Å². The second kappa shape index (κ2) is 4.45. The van der Waals surface area contributed by atoms with E-state index in [4.69, 9.17) is 0 Å². The van der Waals surface area contributed by atoms with Gasteiger partial charge in [0, 0.05) is 0 Å². The van der Waals surface area contributed by atoms with Crippen LogP contribution in [0.4, 0.5) is 0 Å². The monoisotopic (exact) mass is 255 g/mol. The molecule has 0 atom stereocenters. The van der Waals surface area contributed by atoms with Gasteiger partial charge in [0.2, 0.25) is 0 Å². The molecule has 0 spiro atoms. The molecule has 0 fully saturated rings. The topological polar surface area (TPSA) is 17.1 Å². The van der Waals surface area contributed by atoms with Gasteiger partial charge in [-0.1, -0.05) is 0 Å². The van der Waals surface area contributed by atoms with Crippen LogP contribution in [0.5, 0.6) is 0 Å². The molecular weight excluding hydrogens is 245 g/mol. The Morgan fingerprint density at radius 3 is 2.13 bits per heavy atom. The van der Waals surface area contributed by atoms with E-state index in [9.17, 15) is 4.79 Å². The fraction of sp³-hybridized carbons (Fsp3) is 0. The summed E-state index contributed by atoms with van der Waals surface area (Å²) in [5.74, 6) is 0.0914. The molecule has 2 aromatic carbocycles. The van der Waals surface area contributed by atoms with Crippen molar-refractivity contribution in [3.05, 3.63) is 65.7 Å². The second-order valence-corrected chi connectivity index (χ2v) is 4.37. The summed E-state index contributed by atoms with van der Waals surface area (Å²) in [5.41, 5.74) is 1.52. The van der Waals surface area contributed by atoms with E-state index in [1.54, 1.807) is 0 Å². The van der Waals surface area contributed by atoms with Crippen molar-refractivity contribution < 1.29 is 4.79 Å². The molecule has 0 saturated heterocycles. The van der Waals surface area contributed by atoms with Gasteiger partial charge < -0.3 is 0 Å². The predicted octanol–water partition coefficient (Wildman–Crippen LogP) is 1.71. The maximum absolute atomic E-state index is 12.1. The summed E-state index contributed by atoms with van der Waals surface area (Å²) in [6.07, 6.45) is 0. The first-order chi connectivity index (χ1) is 7.29. The van der Waals surface area contributed by atoms with Gasteiger partial charge in [0.1, 0.15) is 0 Å². The van der Waals surface area contributed by atoms with Gasteiger partial charge in [-0.05, 0) is 0 Å². The molecule has 0 aromatic heterocycles. The van der Waals surface area contributed by atoms with Gasteiger partial charge in [0.15, 0.2) is 0 Å². The van der Waals surface area contributed by atoms with E-state index in [1.165, 1.54) is 0 Å². The van der Waals surface area contributed by atoms with Crippen LogP contribution >= 0.6 is 0 Å². The first-order valence-electron chi connectivity index (χ1n) is 4.69. The molecule has 2 rings (SSSR count). The number of benzene rings is 2. The Kier molecular flexibility index (Phi) is 3.02. The van der Waals surface area contributed by atoms with E-state index in [2.05, 4.69) is 0 Å². The van der Waals surface area contributed by atoms with Gasteiger partial charge in [-0.3, -0.25) is 0 Å². The zero-order chi connectivity index (χ0) is 10.7. The van der Waals surface area contributed by atoms with Crippen LogP contribution < -0.4 is 4.40 Å². The third-order valence-electron chi connectivity index (χ3n) is 2.21. The number of rotatable bonds is 2. The van der Waals surface area contributed by atoms with E-state index in [1.807, 2.05) is 71.1 Å². The Labute approximate surface area is 97.4 Å². The van der Waals surface area contributed by atoms with Gasteiger partial charge in [-0.25, -0.2) is 0 Å². The fourth-order valence-electron chi connectivity index (χ4n) is 1.43. The Hall–Kier alpha value is -1.35. The number of carbonyl (C=O) groups excluding carboxylic acids is 1. The van der Waals surface area contributed by atoms with Crippen molar-refractivity contribution in [2.45, 2.75) is 0 Å². The number of ketones is 1. The second-order valence-electron chi connectivity index (χ2n) is 3.24. The van der Waals surface area contributed by atoms with Crippen LogP contribution in [0.3, 0.4) is 0 Å². The van der Waals surface area contributed by atoms with Crippen molar-refractivity contribution in [1.82, 2.24) is 0 Å². The van der Waals surface area contributed by atoms with E-state index >= 15 is 0 Å². The van der Waals surface area contributed by atoms with Gasteiger partial charge in [-0.15, -0.1) is 0 Å². The molecule has 0 bridgehead atoms. The molecule has 0 aliphatic heterocycles. The molecule has 0 heterocycles. The summed E-state index contributed by atoms with van der Waals surface area (Å²) >= 11 is 1.95. The van der Waals surface area contributed by atoms with Gasteiger partial charge in [0.05, 0.1) is 0 Å². The van der Waals surface area contributed by atoms with Gasteiger partial charge in [-0.2, -0.15) is 0 Å². The summed E-state index contributed by atoms with van der Waals surface area (Å²) in [7, 11) is 0. The standard InChI is InChI=1S/C13H9GeO/c14-12-9-5-4-8-11(12)13(15)10-6-2-1-3-7-10/h1-9H. The predicted molar refractivity (Wildman–Crippen MR) is 61.7 cm³/mol. The molecule has 1 nitrogen and oxygen atoms in total.